The molecule has 6 heteroatoms. The van der Waals surface area contributed by atoms with Crippen molar-refractivity contribution in [3.05, 3.63) is 18.3 Å². The number of anilines is 2. The van der Waals surface area contributed by atoms with Crippen LogP contribution in [0.4, 0.5) is 11.5 Å². The highest BCUT2D eigenvalue weighted by Crippen LogP contribution is 2.22. The molecular weight excluding hydrogens is 304 g/mol. The van der Waals surface area contributed by atoms with E-state index in [1.54, 1.807) is 11.1 Å². The number of carbonyl (C=O) groups is 2. The standard InChI is InChI=1S/C18H26N4O2/c1-13(2)17(22-11-5-6-16(22)23)18(24)20-14-7-8-15(19-12-14)21-9-3-4-10-21/h7-8,12-13,17H,3-6,9-11H2,1-2H3,(H,20,24). The minimum atomic E-state index is -0.418. The van der Waals surface area contributed by atoms with E-state index >= 15 is 0 Å². The molecular formula is C18H26N4O2. The summed E-state index contributed by atoms with van der Waals surface area (Å²) < 4.78 is 0. The molecule has 2 aliphatic rings. The Hall–Kier alpha value is -2.11. The van der Waals surface area contributed by atoms with Gasteiger partial charge in [0.1, 0.15) is 11.9 Å². The van der Waals surface area contributed by atoms with Crippen molar-refractivity contribution in [2.75, 3.05) is 29.9 Å². The second-order valence-corrected chi connectivity index (χ2v) is 6.97. The van der Waals surface area contributed by atoms with Gasteiger partial charge in [0, 0.05) is 26.1 Å². The number of rotatable bonds is 5. The van der Waals surface area contributed by atoms with Gasteiger partial charge in [0.2, 0.25) is 11.8 Å². The van der Waals surface area contributed by atoms with E-state index in [1.165, 1.54) is 12.8 Å². The lowest BCUT2D eigenvalue weighted by Gasteiger charge is -2.29. The van der Waals surface area contributed by atoms with E-state index < -0.39 is 6.04 Å². The van der Waals surface area contributed by atoms with Crippen LogP contribution in [0.2, 0.25) is 0 Å². The van der Waals surface area contributed by atoms with E-state index in [2.05, 4.69) is 15.2 Å². The summed E-state index contributed by atoms with van der Waals surface area (Å²) in [6, 6.07) is 3.42. The van der Waals surface area contributed by atoms with Gasteiger partial charge in [-0.2, -0.15) is 0 Å². The van der Waals surface area contributed by atoms with Crippen LogP contribution >= 0.6 is 0 Å². The van der Waals surface area contributed by atoms with E-state index in [0.29, 0.717) is 18.7 Å². The van der Waals surface area contributed by atoms with Gasteiger partial charge >= 0.3 is 0 Å². The molecule has 1 unspecified atom stereocenters. The first-order valence-corrected chi connectivity index (χ1v) is 8.87. The molecule has 130 valence electrons. The van der Waals surface area contributed by atoms with Gasteiger partial charge in [0.15, 0.2) is 0 Å². The zero-order chi connectivity index (χ0) is 17.1. The van der Waals surface area contributed by atoms with Crippen molar-refractivity contribution in [3.63, 3.8) is 0 Å². The van der Waals surface area contributed by atoms with Gasteiger partial charge in [-0.1, -0.05) is 13.8 Å². The van der Waals surface area contributed by atoms with Crippen molar-refractivity contribution < 1.29 is 9.59 Å². The van der Waals surface area contributed by atoms with Gasteiger partial charge in [-0.25, -0.2) is 4.98 Å². The number of aromatic nitrogens is 1. The highest BCUT2D eigenvalue weighted by atomic mass is 16.2. The summed E-state index contributed by atoms with van der Waals surface area (Å²) in [6.45, 7) is 6.72. The van der Waals surface area contributed by atoms with Crippen LogP contribution in [-0.2, 0) is 9.59 Å². The third-order valence-electron chi connectivity index (χ3n) is 4.79. The van der Waals surface area contributed by atoms with Gasteiger partial charge in [0.25, 0.3) is 0 Å². The molecule has 6 nitrogen and oxygen atoms in total. The maximum atomic E-state index is 12.7. The number of pyridine rings is 1. The third kappa shape index (κ3) is 3.52. The van der Waals surface area contributed by atoms with Gasteiger partial charge < -0.3 is 15.1 Å². The van der Waals surface area contributed by atoms with Crippen molar-refractivity contribution in [1.29, 1.82) is 0 Å². The zero-order valence-corrected chi connectivity index (χ0v) is 14.5. The average molecular weight is 330 g/mol. The van der Waals surface area contributed by atoms with Gasteiger partial charge in [-0.3, -0.25) is 9.59 Å². The molecule has 2 fully saturated rings. The van der Waals surface area contributed by atoms with Gasteiger partial charge in [0.05, 0.1) is 11.9 Å². The van der Waals surface area contributed by atoms with Crippen molar-refractivity contribution >= 4 is 23.3 Å². The normalized spacial score (nSPS) is 19.2. The molecule has 1 aromatic rings. The monoisotopic (exact) mass is 330 g/mol. The Morgan fingerprint density at radius 1 is 1.17 bits per heavy atom. The van der Waals surface area contributed by atoms with Crippen molar-refractivity contribution in [1.82, 2.24) is 9.88 Å². The predicted octanol–water partition coefficient (Wildman–Crippen LogP) is 2.27. The molecule has 1 atom stereocenters. The second kappa shape index (κ2) is 7.20. The Balaban J connectivity index is 1.67. The molecule has 3 heterocycles. The maximum absolute atomic E-state index is 12.7. The maximum Gasteiger partial charge on any atom is 0.247 e. The number of amides is 2. The number of hydrogen-bond acceptors (Lipinski definition) is 4. The SMILES string of the molecule is CC(C)C(C(=O)Nc1ccc(N2CCCC2)nc1)N1CCCC1=O. The van der Waals surface area contributed by atoms with E-state index in [0.717, 1.165) is 25.3 Å². The lowest BCUT2D eigenvalue weighted by atomic mass is 10.0. The minimum absolute atomic E-state index is 0.0730. The molecule has 0 spiro atoms. The van der Waals surface area contributed by atoms with Crippen molar-refractivity contribution in [2.45, 2.75) is 45.6 Å². The molecule has 2 saturated heterocycles. The first kappa shape index (κ1) is 16.7. The largest absolute Gasteiger partial charge is 0.357 e. The van der Waals surface area contributed by atoms with E-state index in [4.69, 9.17) is 0 Å². The lowest BCUT2D eigenvalue weighted by Crippen LogP contribution is -2.47. The fourth-order valence-electron chi connectivity index (χ4n) is 3.58. The molecule has 3 rings (SSSR count). The molecule has 0 aromatic carbocycles. The molecule has 1 N–H and O–H groups in total. The summed E-state index contributed by atoms with van der Waals surface area (Å²) in [4.78, 5) is 33.1. The van der Waals surface area contributed by atoms with Crippen LogP contribution in [0.15, 0.2) is 18.3 Å². The van der Waals surface area contributed by atoms with E-state index in [1.807, 2.05) is 26.0 Å². The third-order valence-corrected chi connectivity index (χ3v) is 4.79. The minimum Gasteiger partial charge on any atom is -0.357 e. The number of likely N-dealkylation sites (tertiary alicyclic amines) is 1. The average Bonchev–Trinajstić information content (AvgIpc) is 3.21. The molecule has 0 saturated carbocycles. The highest BCUT2D eigenvalue weighted by molar-refractivity contribution is 5.97. The topological polar surface area (TPSA) is 65.5 Å². The Kier molecular flexibility index (Phi) is 5.02. The molecule has 1 aromatic heterocycles. The molecule has 24 heavy (non-hydrogen) atoms. The number of nitrogens with one attached hydrogen (secondary N) is 1. The Morgan fingerprint density at radius 3 is 2.46 bits per heavy atom. The van der Waals surface area contributed by atoms with Crippen molar-refractivity contribution in [3.8, 4) is 0 Å². The predicted molar refractivity (Wildman–Crippen MR) is 93.9 cm³/mol. The van der Waals surface area contributed by atoms with Crippen molar-refractivity contribution in [2.24, 2.45) is 5.92 Å². The zero-order valence-electron chi connectivity index (χ0n) is 14.5. The van der Waals surface area contributed by atoms with Gasteiger partial charge in [-0.05, 0) is 37.3 Å². The number of hydrogen-bond donors (Lipinski definition) is 1. The molecule has 0 aliphatic carbocycles. The molecule has 0 radical (unpaired) electrons. The summed E-state index contributed by atoms with van der Waals surface area (Å²) in [5.74, 6) is 0.979. The van der Waals surface area contributed by atoms with Crippen LogP contribution in [0.1, 0.15) is 39.5 Å². The Morgan fingerprint density at radius 2 is 1.92 bits per heavy atom. The summed E-state index contributed by atoms with van der Waals surface area (Å²) in [7, 11) is 0. The van der Waals surface area contributed by atoms with E-state index in [9.17, 15) is 9.59 Å². The fraction of sp³-hybridized carbons (Fsp3) is 0.611. The Labute approximate surface area is 143 Å². The summed E-state index contributed by atoms with van der Waals surface area (Å²) in [5.41, 5.74) is 0.681. The summed E-state index contributed by atoms with van der Waals surface area (Å²) in [5, 5.41) is 2.92. The number of nitrogens with zero attached hydrogens (tertiary/aromatic N) is 3. The quantitative estimate of drug-likeness (QED) is 0.899. The van der Waals surface area contributed by atoms with Crippen LogP contribution in [-0.4, -0.2) is 47.4 Å². The van der Waals surface area contributed by atoms with Crippen LogP contribution in [0.3, 0.4) is 0 Å². The van der Waals surface area contributed by atoms with Crippen LogP contribution < -0.4 is 10.2 Å². The molecule has 0 bridgehead atoms. The highest BCUT2D eigenvalue weighted by Gasteiger charge is 2.34. The molecule has 2 aliphatic heterocycles. The van der Waals surface area contributed by atoms with Crippen LogP contribution in [0, 0.1) is 5.92 Å². The fourth-order valence-corrected chi connectivity index (χ4v) is 3.58. The smallest absolute Gasteiger partial charge is 0.247 e. The first-order chi connectivity index (χ1) is 11.6. The van der Waals surface area contributed by atoms with Gasteiger partial charge in [-0.15, -0.1) is 0 Å². The number of carbonyl (C=O) groups excluding carboxylic acids is 2. The molecule has 2 amide bonds. The van der Waals surface area contributed by atoms with Crippen LogP contribution in [0.25, 0.3) is 0 Å². The van der Waals surface area contributed by atoms with Crippen LogP contribution in [0.5, 0.6) is 0 Å². The summed E-state index contributed by atoms with van der Waals surface area (Å²) >= 11 is 0. The lowest BCUT2D eigenvalue weighted by molar-refractivity contribution is -0.136. The first-order valence-electron chi connectivity index (χ1n) is 8.87. The second-order valence-electron chi connectivity index (χ2n) is 6.97. The summed E-state index contributed by atoms with van der Waals surface area (Å²) in [6.07, 6.45) is 5.50. The Bertz CT molecular complexity index is 594. The van der Waals surface area contributed by atoms with E-state index in [-0.39, 0.29) is 17.7 Å².